The van der Waals surface area contributed by atoms with Crippen molar-refractivity contribution < 1.29 is 9.18 Å². The van der Waals surface area contributed by atoms with Crippen LogP contribution in [0.25, 0.3) is 0 Å². The quantitative estimate of drug-likeness (QED) is 0.797. The molecule has 0 bridgehead atoms. The summed E-state index contributed by atoms with van der Waals surface area (Å²) in [5.41, 5.74) is 6.30. The highest BCUT2D eigenvalue weighted by Gasteiger charge is 2.37. The topological polar surface area (TPSA) is 46.3 Å². The molecule has 2 N–H and O–H groups in total. The number of hydrogen-bond donors (Lipinski definition) is 1. The van der Waals surface area contributed by atoms with E-state index in [2.05, 4.69) is 0 Å². The van der Waals surface area contributed by atoms with Crippen LogP contribution >= 0.6 is 11.6 Å². The van der Waals surface area contributed by atoms with Gasteiger partial charge >= 0.3 is 0 Å². The summed E-state index contributed by atoms with van der Waals surface area (Å²) in [6.45, 7) is 2.15. The summed E-state index contributed by atoms with van der Waals surface area (Å²) in [5, 5.41) is 0.336. The van der Waals surface area contributed by atoms with E-state index in [1.165, 1.54) is 17.0 Å². The normalized spacial score (nSPS) is 19.6. The molecule has 0 aromatic heterocycles. The summed E-state index contributed by atoms with van der Waals surface area (Å²) in [6, 6.07) is 1.82. The number of benzene rings is 1. The summed E-state index contributed by atoms with van der Waals surface area (Å²) in [4.78, 5) is 13.0. The first-order valence-corrected chi connectivity index (χ1v) is 5.00. The molecule has 5 heteroatoms. The fraction of sp³-hybridized carbons (Fsp3) is 0.300. The number of fused-ring (bicyclic) bond motifs is 1. The van der Waals surface area contributed by atoms with Gasteiger partial charge in [0.15, 0.2) is 0 Å². The Morgan fingerprint density at radius 3 is 2.87 bits per heavy atom. The molecule has 1 aliphatic heterocycles. The molecule has 0 fully saturated rings. The van der Waals surface area contributed by atoms with Crippen LogP contribution < -0.4 is 10.6 Å². The molecule has 1 heterocycles. The van der Waals surface area contributed by atoms with Crippen LogP contribution in [0.1, 0.15) is 18.5 Å². The van der Waals surface area contributed by atoms with Gasteiger partial charge in [0.2, 0.25) is 5.91 Å². The lowest BCUT2D eigenvalue weighted by Gasteiger charge is -2.15. The number of halogens is 2. The van der Waals surface area contributed by atoms with Gasteiger partial charge in [0.1, 0.15) is 11.9 Å². The van der Waals surface area contributed by atoms with Gasteiger partial charge in [-0.05, 0) is 19.1 Å². The Balaban J connectivity index is 2.69. The van der Waals surface area contributed by atoms with Crippen molar-refractivity contribution in [2.24, 2.45) is 5.73 Å². The van der Waals surface area contributed by atoms with Crippen LogP contribution in [-0.2, 0) is 4.79 Å². The monoisotopic (exact) mass is 228 g/mol. The van der Waals surface area contributed by atoms with Crippen LogP contribution in [0.15, 0.2) is 12.1 Å². The Kier molecular flexibility index (Phi) is 2.40. The maximum absolute atomic E-state index is 13.5. The first kappa shape index (κ1) is 10.4. The molecule has 0 spiro atoms. The summed E-state index contributed by atoms with van der Waals surface area (Å²) in [6.07, 6.45) is 0. The predicted octanol–water partition coefficient (Wildman–Crippen LogP) is 1.85. The van der Waals surface area contributed by atoms with Crippen LogP contribution in [0.4, 0.5) is 10.1 Å². The molecule has 1 aliphatic rings. The molecule has 1 aromatic carbocycles. The minimum atomic E-state index is -0.844. The van der Waals surface area contributed by atoms with E-state index < -0.39 is 11.9 Å². The van der Waals surface area contributed by atoms with Gasteiger partial charge in [-0.2, -0.15) is 0 Å². The van der Waals surface area contributed by atoms with Crippen LogP contribution in [-0.4, -0.2) is 12.5 Å². The first-order valence-electron chi connectivity index (χ1n) is 4.62. The molecule has 0 saturated carbocycles. The van der Waals surface area contributed by atoms with Gasteiger partial charge in [0.25, 0.3) is 0 Å². The maximum atomic E-state index is 13.5. The minimum absolute atomic E-state index is 0.225. The fourth-order valence-electron chi connectivity index (χ4n) is 1.84. The van der Waals surface area contributed by atoms with Crippen molar-refractivity contribution in [3.05, 3.63) is 28.5 Å². The fourth-order valence-corrected chi connectivity index (χ4v) is 2.11. The number of nitrogens with two attached hydrogens (primary N) is 1. The van der Waals surface area contributed by atoms with Gasteiger partial charge in [0.05, 0.1) is 5.69 Å². The Labute approximate surface area is 91.6 Å². The van der Waals surface area contributed by atoms with Gasteiger partial charge in [0, 0.05) is 17.1 Å². The molecule has 0 aliphatic carbocycles. The molecule has 80 valence electrons. The molecule has 15 heavy (non-hydrogen) atoms. The molecule has 1 amide bonds. The summed E-state index contributed by atoms with van der Waals surface area (Å²) in [7, 11) is 0. The van der Waals surface area contributed by atoms with E-state index in [1.54, 1.807) is 6.92 Å². The van der Waals surface area contributed by atoms with E-state index in [9.17, 15) is 9.18 Å². The predicted molar refractivity (Wildman–Crippen MR) is 56.4 cm³/mol. The molecule has 3 nitrogen and oxygen atoms in total. The number of carbonyl (C=O) groups excluding carboxylic acids is 1. The van der Waals surface area contributed by atoms with Crippen molar-refractivity contribution in [3.8, 4) is 0 Å². The SMILES string of the molecule is CCN1C(=O)C(N)c2c(Cl)ccc(F)c21. The van der Waals surface area contributed by atoms with Crippen molar-refractivity contribution >= 4 is 23.2 Å². The Hall–Kier alpha value is -1.13. The van der Waals surface area contributed by atoms with E-state index in [4.69, 9.17) is 17.3 Å². The number of hydrogen-bond acceptors (Lipinski definition) is 2. The second-order valence-corrected chi connectivity index (χ2v) is 3.76. The Bertz CT molecular complexity index is 436. The Morgan fingerprint density at radius 1 is 1.60 bits per heavy atom. The molecule has 1 unspecified atom stereocenters. The van der Waals surface area contributed by atoms with Gasteiger partial charge in [-0.25, -0.2) is 4.39 Å². The van der Waals surface area contributed by atoms with Crippen LogP contribution in [0.3, 0.4) is 0 Å². The van der Waals surface area contributed by atoms with Crippen molar-refractivity contribution in [2.45, 2.75) is 13.0 Å². The average molecular weight is 229 g/mol. The number of anilines is 1. The third kappa shape index (κ3) is 1.33. The van der Waals surface area contributed by atoms with Gasteiger partial charge < -0.3 is 10.6 Å². The molecule has 1 aromatic rings. The van der Waals surface area contributed by atoms with Crippen LogP contribution in [0, 0.1) is 5.82 Å². The summed E-state index contributed by atoms with van der Waals surface area (Å²) >= 11 is 5.90. The Morgan fingerprint density at radius 2 is 2.27 bits per heavy atom. The van der Waals surface area contributed by atoms with Crippen molar-refractivity contribution in [1.29, 1.82) is 0 Å². The minimum Gasteiger partial charge on any atom is -0.316 e. The number of rotatable bonds is 1. The highest BCUT2D eigenvalue weighted by Crippen LogP contribution is 2.40. The van der Waals surface area contributed by atoms with E-state index in [1.807, 2.05) is 0 Å². The van der Waals surface area contributed by atoms with Crippen LogP contribution in [0.5, 0.6) is 0 Å². The molecule has 2 rings (SSSR count). The van der Waals surface area contributed by atoms with Gasteiger partial charge in [-0.3, -0.25) is 4.79 Å². The zero-order valence-corrected chi connectivity index (χ0v) is 8.88. The third-order valence-corrected chi connectivity index (χ3v) is 2.87. The molecular weight excluding hydrogens is 219 g/mol. The second kappa shape index (κ2) is 3.47. The number of likely N-dealkylation sites (N-methyl/N-ethyl adjacent to an activating group) is 1. The van der Waals surface area contributed by atoms with Crippen molar-refractivity contribution in [2.75, 3.05) is 11.4 Å². The van der Waals surface area contributed by atoms with E-state index in [0.717, 1.165) is 0 Å². The largest absolute Gasteiger partial charge is 0.316 e. The van der Waals surface area contributed by atoms with E-state index in [-0.39, 0.29) is 11.6 Å². The number of carbonyl (C=O) groups is 1. The average Bonchev–Trinajstić information content (AvgIpc) is 2.47. The summed E-state index contributed by atoms with van der Waals surface area (Å²) in [5.74, 6) is -0.767. The standard InChI is InChI=1S/C10H10ClFN2O/c1-2-14-9-6(12)4-3-5(11)7(9)8(13)10(14)15/h3-4,8H,2,13H2,1H3. The highest BCUT2D eigenvalue weighted by atomic mass is 35.5. The molecule has 0 radical (unpaired) electrons. The third-order valence-electron chi connectivity index (χ3n) is 2.54. The zero-order chi connectivity index (χ0) is 11.2. The lowest BCUT2D eigenvalue weighted by Crippen LogP contribution is -2.31. The maximum Gasteiger partial charge on any atom is 0.248 e. The first-order chi connectivity index (χ1) is 7.07. The number of amides is 1. The second-order valence-electron chi connectivity index (χ2n) is 3.35. The molecular formula is C10H10ClFN2O. The lowest BCUT2D eigenvalue weighted by molar-refractivity contribution is -0.119. The van der Waals surface area contributed by atoms with Gasteiger partial charge in [-0.15, -0.1) is 0 Å². The van der Waals surface area contributed by atoms with E-state index in [0.29, 0.717) is 17.1 Å². The smallest absolute Gasteiger partial charge is 0.248 e. The van der Waals surface area contributed by atoms with E-state index >= 15 is 0 Å². The highest BCUT2D eigenvalue weighted by molar-refractivity contribution is 6.32. The van der Waals surface area contributed by atoms with Gasteiger partial charge in [-0.1, -0.05) is 11.6 Å². The van der Waals surface area contributed by atoms with Crippen molar-refractivity contribution in [3.63, 3.8) is 0 Å². The number of nitrogens with zero attached hydrogens (tertiary/aromatic N) is 1. The summed E-state index contributed by atoms with van der Waals surface area (Å²) < 4.78 is 13.5. The lowest BCUT2D eigenvalue weighted by atomic mass is 10.1. The molecule has 0 saturated heterocycles. The van der Waals surface area contributed by atoms with Crippen LogP contribution in [0.2, 0.25) is 5.02 Å². The molecule has 1 atom stereocenters. The van der Waals surface area contributed by atoms with Crippen molar-refractivity contribution in [1.82, 2.24) is 0 Å². The zero-order valence-electron chi connectivity index (χ0n) is 8.13.